The standard InChI is InChI=1S/C14H21F2N3S/c1-3-17-12-10(15)8-11(16)13(19-12)18-9-14(20-2)6-4-5-7-14/h8H,3-7,9H2,1-2H3,(H2,17,18,19). The van der Waals surface area contributed by atoms with E-state index in [0.29, 0.717) is 13.1 Å². The van der Waals surface area contributed by atoms with E-state index < -0.39 is 11.6 Å². The van der Waals surface area contributed by atoms with Crippen molar-refractivity contribution in [3.05, 3.63) is 17.7 Å². The van der Waals surface area contributed by atoms with Crippen molar-refractivity contribution in [3.63, 3.8) is 0 Å². The zero-order chi connectivity index (χ0) is 14.6. The van der Waals surface area contributed by atoms with Crippen LogP contribution in [-0.4, -0.2) is 29.1 Å². The second-order valence-electron chi connectivity index (χ2n) is 5.13. The molecule has 1 saturated carbocycles. The van der Waals surface area contributed by atoms with Crippen molar-refractivity contribution in [2.75, 3.05) is 30.0 Å². The number of hydrogen-bond donors (Lipinski definition) is 2. The predicted octanol–water partition coefficient (Wildman–Crippen LogP) is 3.88. The van der Waals surface area contributed by atoms with Gasteiger partial charge in [-0.15, -0.1) is 0 Å². The van der Waals surface area contributed by atoms with Gasteiger partial charge in [0, 0.05) is 23.9 Å². The molecule has 1 fully saturated rings. The number of hydrogen-bond acceptors (Lipinski definition) is 4. The second kappa shape index (κ2) is 6.61. The quantitative estimate of drug-likeness (QED) is 0.836. The van der Waals surface area contributed by atoms with Gasteiger partial charge in [0.25, 0.3) is 0 Å². The highest BCUT2D eigenvalue weighted by Gasteiger charge is 2.33. The second-order valence-corrected chi connectivity index (χ2v) is 6.40. The highest BCUT2D eigenvalue weighted by molar-refractivity contribution is 8.00. The lowest BCUT2D eigenvalue weighted by Gasteiger charge is -2.27. The summed E-state index contributed by atoms with van der Waals surface area (Å²) in [5.41, 5.74) is 0. The lowest BCUT2D eigenvalue weighted by atomic mass is 10.1. The molecule has 20 heavy (non-hydrogen) atoms. The van der Waals surface area contributed by atoms with Crippen LogP contribution >= 0.6 is 11.8 Å². The first kappa shape index (κ1) is 15.4. The topological polar surface area (TPSA) is 37.0 Å². The summed E-state index contributed by atoms with van der Waals surface area (Å²) >= 11 is 1.82. The third-order valence-electron chi connectivity index (χ3n) is 3.80. The summed E-state index contributed by atoms with van der Waals surface area (Å²) in [5.74, 6) is -1.07. The number of halogens is 2. The van der Waals surface area contributed by atoms with Crippen molar-refractivity contribution in [1.29, 1.82) is 0 Å². The van der Waals surface area contributed by atoms with E-state index in [1.54, 1.807) is 0 Å². The smallest absolute Gasteiger partial charge is 0.168 e. The molecule has 0 radical (unpaired) electrons. The number of anilines is 2. The monoisotopic (exact) mass is 301 g/mol. The molecule has 0 aromatic carbocycles. The van der Waals surface area contributed by atoms with Gasteiger partial charge in [-0.1, -0.05) is 12.8 Å². The van der Waals surface area contributed by atoms with Crippen molar-refractivity contribution >= 4 is 23.4 Å². The molecule has 0 amide bonds. The van der Waals surface area contributed by atoms with Crippen LogP contribution in [0.5, 0.6) is 0 Å². The minimum atomic E-state index is -0.657. The van der Waals surface area contributed by atoms with Gasteiger partial charge in [0.15, 0.2) is 23.3 Å². The maximum atomic E-state index is 13.8. The Labute approximate surface area is 122 Å². The summed E-state index contributed by atoms with van der Waals surface area (Å²) < 4.78 is 27.4. The first-order valence-electron chi connectivity index (χ1n) is 6.99. The summed E-state index contributed by atoms with van der Waals surface area (Å²) in [6, 6.07) is 0.883. The number of nitrogens with one attached hydrogen (secondary N) is 2. The lowest BCUT2D eigenvalue weighted by molar-refractivity contribution is 0.574. The van der Waals surface area contributed by atoms with Crippen molar-refractivity contribution in [2.24, 2.45) is 0 Å². The third kappa shape index (κ3) is 3.34. The number of nitrogens with zero attached hydrogens (tertiary/aromatic N) is 1. The number of aromatic nitrogens is 1. The number of thioether (sulfide) groups is 1. The SMILES string of the molecule is CCNc1nc(NCC2(SC)CCCC2)c(F)cc1F. The summed E-state index contributed by atoms with van der Waals surface area (Å²) in [6.07, 6.45) is 6.77. The Bertz CT molecular complexity index is 462. The van der Waals surface area contributed by atoms with Gasteiger partial charge in [-0.3, -0.25) is 0 Å². The first-order valence-corrected chi connectivity index (χ1v) is 8.21. The Morgan fingerprint density at radius 3 is 2.35 bits per heavy atom. The van der Waals surface area contributed by atoms with Crippen LogP contribution in [-0.2, 0) is 0 Å². The molecule has 0 unspecified atom stereocenters. The molecule has 0 saturated heterocycles. The van der Waals surface area contributed by atoms with Crippen LogP contribution in [0.3, 0.4) is 0 Å². The Morgan fingerprint density at radius 2 is 1.80 bits per heavy atom. The van der Waals surface area contributed by atoms with Crippen molar-refractivity contribution in [1.82, 2.24) is 4.98 Å². The molecule has 1 aliphatic rings. The van der Waals surface area contributed by atoms with Crippen molar-refractivity contribution in [3.8, 4) is 0 Å². The van der Waals surface area contributed by atoms with E-state index in [1.165, 1.54) is 12.8 Å². The molecule has 0 spiro atoms. The maximum absolute atomic E-state index is 13.8. The van der Waals surface area contributed by atoms with Gasteiger partial charge in [0.1, 0.15) is 0 Å². The van der Waals surface area contributed by atoms with Gasteiger partial charge < -0.3 is 10.6 Å². The summed E-state index contributed by atoms with van der Waals surface area (Å²) in [7, 11) is 0. The fraction of sp³-hybridized carbons (Fsp3) is 0.643. The van der Waals surface area contributed by atoms with Gasteiger partial charge in [-0.25, -0.2) is 13.8 Å². The molecule has 0 aliphatic heterocycles. The van der Waals surface area contributed by atoms with E-state index in [0.717, 1.165) is 18.9 Å². The van der Waals surface area contributed by atoms with Crippen molar-refractivity contribution < 1.29 is 8.78 Å². The molecule has 6 heteroatoms. The number of rotatable bonds is 6. The largest absolute Gasteiger partial charge is 0.368 e. The molecular formula is C14H21F2N3S. The van der Waals surface area contributed by atoms with Crippen LogP contribution < -0.4 is 10.6 Å². The van der Waals surface area contributed by atoms with Crippen molar-refractivity contribution in [2.45, 2.75) is 37.4 Å². The minimum Gasteiger partial charge on any atom is -0.368 e. The van der Waals surface area contributed by atoms with E-state index in [2.05, 4.69) is 21.9 Å². The van der Waals surface area contributed by atoms with Gasteiger partial charge in [-0.05, 0) is 26.0 Å². The fourth-order valence-corrected chi connectivity index (χ4v) is 3.51. The number of pyridine rings is 1. The summed E-state index contributed by atoms with van der Waals surface area (Å²) in [6.45, 7) is 3.05. The molecule has 1 heterocycles. The Kier molecular flexibility index (Phi) is 5.07. The maximum Gasteiger partial charge on any atom is 0.168 e. The molecule has 112 valence electrons. The average Bonchev–Trinajstić information content (AvgIpc) is 2.90. The van der Waals surface area contributed by atoms with Gasteiger partial charge in [0.2, 0.25) is 0 Å². The summed E-state index contributed by atoms with van der Waals surface area (Å²) in [5, 5.41) is 5.86. The van der Waals surface area contributed by atoms with E-state index >= 15 is 0 Å². The van der Waals surface area contributed by atoms with Crippen LogP contribution in [0.25, 0.3) is 0 Å². The summed E-state index contributed by atoms with van der Waals surface area (Å²) in [4.78, 5) is 4.01. The average molecular weight is 301 g/mol. The van der Waals surface area contributed by atoms with Gasteiger partial charge in [0.05, 0.1) is 0 Å². The third-order valence-corrected chi connectivity index (χ3v) is 5.22. The molecule has 0 atom stereocenters. The van der Waals surface area contributed by atoms with Crippen LogP contribution in [0.2, 0.25) is 0 Å². The molecular weight excluding hydrogens is 280 g/mol. The zero-order valence-corrected chi connectivity index (χ0v) is 12.7. The highest BCUT2D eigenvalue weighted by atomic mass is 32.2. The highest BCUT2D eigenvalue weighted by Crippen LogP contribution is 2.40. The van der Waals surface area contributed by atoms with E-state index in [-0.39, 0.29) is 16.4 Å². The van der Waals surface area contributed by atoms with Crippen LogP contribution in [0.15, 0.2) is 6.07 Å². The fourth-order valence-electron chi connectivity index (χ4n) is 2.60. The van der Waals surface area contributed by atoms with E-state index in [1.807, 2.05) is 18.7 Å². The molecule has 3 nitrogen and oxygen atoms in total. The molecule has 1 aromatic heterocycles. The van der Waals surface area contributed by atoms with E-state index in [9.17, 15) is 8.78 Å². The molecule has 0 bridgehead atoms. The first-order chi connectivity index (χ1) is 9.60. The van der Waals surface area contributed by atoms with Crippen LogP contribution in [0.4, 0.5) is 20.4 Å². The van der Waals surface area contributed by atoms with Crippen LogP contribution in [0, 0.1) is 11.6 Å². The Morgan fingerprint density at radius 1 is 1.20 bits per heavy atom. The predicted molar refractivity (Wildman–Crippen MR) is 81.5 cm³/mol. The normalized spacial score (nSPS) is 17.2. The minimum absolute atomic E-state index is 0.0982. The van der Waals surface area contributed by atoms with Gasteiger partial charge in [-0.2, -0.15) is 11.8 Å². The van der Waals surface area contributed by atoms with Gasteiger partial charge >= 0.3 is 0 Å². The van der Waals surface area contributed by atoms with E-state index in [4.69, 9.17) is 0 Å². The lowest BCUT2D eigenvalue weighted by Crippen LogP contribution is -2.30. The van der Waals surface area contributed by atoms with Crippen LogP contribution in [0.1, 0.15) is 32.6 Å². The Hall–Kier alpha value is -1.04. The molecule has 1 aromatic rings. The zero-order valence-electron chi connectivity index (χ0n) is 11.9. The molecule has 1 aliphatic carbocycles. The molecule has 2 N–H and O–H groups in total. The Balaban J connectivity index is 2.10. The molecule has 2 rings (SSSR count).